The maximum Gasteiger partial charge on any atom is 0.122 e. The summed E-state index contributed by atoms with van der Waals surface area (Å²) >= 11 is 0. The van der Waals surface area contributed by atoms with Crippen molar-refractivity contribution in [2.75, 3.05) is 67.1 Å². The monoisotopic (exact) mass is 568 g/mol. The summed E-state index contributed by atoms with van der Waals surface area (Å²) in [7, 11) is 3.27. The molecule has 0 heterocycles. The Balaban J connectivity index is 0.000000296. The van der Waals surface area contributed by atoms with Crippen LogP contribution >= 0.6 is 0 Å². The standard InChI is InChI=1S/C18H22O5.C14H18O4/c1-19-15-3-7-17(8-4-15)22-13-11-21-12-14-23-18-9-5-16(20-2)6-10-18;1-3-15-9-11-17-13-5-7-14(8-6-13)18-12-10-16-4-2/h3-10H,11-14H2,1-2H3;3-8H,1-2,9-12H2. The van der Waals surface area contributed by atoms with E-state index in [1.807, 2.05) is 72.8 Å². The van der Waals surface area contributed by atoms with Crippen molar-refractivity contribution in [2.45, 2.75) is 0 Å². The van der Waals surface area contributed by atoms with Gasteiger partial charge in [0.25, 0.3) is 0 Å². The molecule has 3 aromatic rings. The Labute approximate surface area is 242 Å². The Morgan fingerprint density at radius 2 is 0.683 bits per heavy atom. The SMILES string of the molecule is C=COCCOc1ccc(OCCOC=C)cc1.COc1ccc(OCCOCCOc2ccc(OC)cc2)cc1. The van der Waals surface area contributed by atoms with E-state index in [2.05, 4.69) is 13.2 Å². The van der Waals surface area contributed by atoms with Crippen LogP contribution in [0.15, 0.2) is 98.5 Å². The van der Waals surface area contributed by atoms with Crippen LogP contribution in [0.1, 0.15) is 0 Å². The van der Waals surface area contributed by atoms with Crippen molar-refractivity contribution in [2.24, 2.45) is 0 Å². The molecule has 0 aliphatic carbocycles. The molecule has 9 nitrogen and oxygen atoms in total. The van der Waals surface area contributed by atoms with Gasteiger partial charge in [0.1, 0.15) is 74.1 Å². The molecule has 3 rings (SSSR count). The molecule has 0 bridgehead atoms. The van der Waals surface area contributed by atoms with Gasteiger partial charge in [-0.15, -0.1) is 0 Å². The van der Waals surface area contributed by atoms with Crippen molar-refractivity contribution in [3.8, 4) is 34.5 Å². The lowest BCUT2D eigenvalue weighted by Crippen LogP contribution is -2.12. The van der Waals surface area contributed by atoms with Crippen LogP contribution in [0.3, 0.4) is 0 Å². The molecular weight excluding hydrogens is 528 g/mol. The van der Waals surface area contributed by atoms with Gasteiger partial charge >= 0.3 is 0 Å². The summed E-state index contributed by atoms with van der Waals surface area (Å²) in [6.07, 6.45) is 2.79. The van der Waals surface area contributed by atoms with Crippen LogP contribution in [0.25, 0.3) is 0 Å². The highest BCUT2D eigenvalue weighted by molar-refractivity contribution is 5.32. The molecule has 0 radical (unpaired) electrons. The second-order valence-electron chi connectivity index (χ2n) is 7.90. The van der Waals surface area contributed by atoms with Crippen molar-refractivity contribution in [1.82, 2.24) is 0 Å². The normalized spacial score (nSPS) is 9.80. The molecule has 41 heavy (non-hydrogen) atoms. The number of rotatable bonds is 20. The molecule has 0 aromatic heterocycles. The number of methoxy groups -OCH3 is 2. The Hall–Kier alpha value is -4.50. The van der Waals surface area contributed by atoms with Crippen molar-refractivity contribution < 1.29 is 42.6 Å². The second kappa shape index (κ2) is 21.3. The highest BCUT2D eigenvalue weighted by Crippen LogP contribution is 2.19. The van der Waals surface area contributed by atoms with E-state index in [1.54, 1.807) is 14.2 Å². The number of hydrogen-bond donors (Lipinski definition) is 0. The minimum absolute atomic E-state index is 0.486. The maximum atomic E-state index is 5.56. The van der Waals surface area contributed by atoms with E-state index in [1.165, 1.54) is 12.5 Å². The topological polar surface area (TPSA) is 83.1 Å². The summed E-state index contributed by atoms with van der Waals surface area (Å²) in [5.41, 5.74) is 0. The van der Waals surface area contributed by atoms with Gasteiger partial charge in [-0.1, -0.05) is 13.2 Å². The lowest BCUT2D eigenvalue weighted by atomic mass is 10.3. The molecule has 3 aromatic carbocycles. The third-order valence-electron chi connectivity index (χ3n) is 5.11. The predicted molar refractivity (Wildman–Crippen MR) is 158 cm³/mol. The van der Waals surface area contributed by atoms with Gasteiger partial charge in [0.05, 0.1) is 40.0 Å². The van der Waals surface area contributed by atoms with Crippen LogP contribution in [-0.4, -0.2) is 67.1 Å². The molecule has 0 atom stereocenters. The molecule has 0 fully saturated rings. The van der Waals surface area contributed by atoms with Gasteiger partial charge in [-0.25, -0.2) is 0 Å². The molecule has 0 aliphatic heterocycles. The van der Waals surface area contributed by atoms with Gasteiger partial charge in [-0.3, -0.25) is 0 Å². The van der Waals surface area contributed by atoms with Gasteiger partial charge in [0.2, 0.25) is 0 Å². The first-order valence-electron chi connectivity index (χ1n) is 13.1. The molecule has 0 N–H and O–H groups in total. The summed E-state index contributed by atoms with van der Waals surface area (Å²) in [4.78, 5) is 0. The third-order valence-corrected chi connectivity index (χ3v) is 5.11. The minimum Gasteiger partial charge on any atom is -0.498 e. The van der Waals surface area contributed by atoms with E-state index in [0.29, 0.717) is 52.9 Å². The molecule has 0 amide bonds. The fraction of sp³-hybridized carbons (Fsp3) is 0.312. The average Bonchev–Trinajstić information content (AvgIpc) is 3.02. The Morgan fingerprint density at radius 1 is 0.415 bits per heavy atom. The van der Waals surface area contributed by atoms with Gasteiger partial charge in [0.15, 0.2) is 0 Å². The molecule has 9 heteroatoms. The lowest BCUT2D eigenvalue weighted by Gasteiger charge is -2.09. The van der Waals surface area contributed by atoms with Crippen LogP contribution in [0.4, 0.5) is 0 Å². The first kappa shape index (κ1) is 32.7. The van der Waals surface area contributed by atoms with Gasteiger partial charge in [-0.05, 0) is 72.8 Å². The first-order chi connectivity index (χ1) is 20.2. The molecule has 0 saturated carbocycles. The maximum absolute atomic E-state index is 5.56. The van der Waals surface area contributed by atoms with Crippen molar-refractivity contribution >= 4 is 0 Å². The number of ether oxygens (including phenoxy) is 9. The molecule has 0 spiro atoms. The number of hydrogen-bond acceptors (Lipinski definition) is 9. The van der Waals surface area contributed by atoms with Gasteiger partial charge < -0.3 is 42.6 Å². The first-order valence-corrected chi connectivity index (χ1v) is 13.1. The second-order valence-corrected chi connectivity index (χ2v) is 7.90. The fourth-order valence-electron chi connectivity index (χ4n) is 3.10. The summed E-state index contributed by atoms with van der Waals surface area (Å²) < 4.78 is 47.5. The van der Waals surface area contributed by atoms with Crippen molar-refractivity contribution in [1.29, 1.82) is 0 Å². The van der Waals surface area contributed by atoms with Crippen LogP contribution in [0, 0.1) is 0 Å². The highest BCUT2D eigenvalue weighted by atomic mass is 16.5. The summed E-state index contributed by atoms with van der Waals surface area (Å²) in [6.45, 7) is 10.9. The van der Waals surface area contributed by atoms with Crippen LogP contribution in [0.2, 0.25) is 0 Å². The quantitative estimate of drug-likeness (QED) is 0.121. The zero-order valence-corrected chi connectivity index (χ0v) is 23.8. The van der Waals surface area contributed by atoms with E-state index in [4.69, 9.17) is 42.6 Å². The van der Waals surface area contributed by atoms with Crippen molar-refractivity contribution in [3.63, 3.8) is 0 Å². The Morgan fingerprint density at radius 3 is 0.951 bits per heavy atom. The predicted octanol–water partition coefficient (Wildman–Crippen LogP) is 5.94. The minimum atomic E-state index is 0.486. The van der Waals surface area contributed by atoms with Crippen molar-refractivity contribution in [3.05, 3.63) is 98.5 Å². The van der Waals surface area contributed by atoms with E-state index in [9.17, 15) is 0 Å². The fourth-order valence-corrected chi connectivity index (χ4v) is 3.10. The van der Waals surface area contributed by atoms with Gasteiger partial charge in [0, 0.05) is 0 Å². The summed E-state index contributed by atoms with van der Waals surface area (Å²) in [5, 5.41) is 0. The summed E-state index contributed by atoms with van der Waals surface area (Å²) in [6, 6.07) is 22.3. The largest absolute Gasteiger partial charge is 0.498 e. The zero-order valence-electron chi connectivity index (χ0n) is 23.8. The Kier molecular flexibility index (Phi) is 17.0. The summed E-state index contributed by atoms with van der Waals surface area (Å²) in [5.74, 6) is 4.76. The zero-order chi connectivity index (χ0) is 29.4. The third kappa shape index (κ3) is 15.0. The van der Waals surface area contributed by atoms with E-state index in [-0.39, 0.29) is 0 Å². The van der Waals surface area contributed by atoms with E-state index >= 15 is 0 Å². The molecule has 222 valence electrons. The number of benzene rings is 3. The Bertz CT molecular complexity index is 981. The molecular formula is C32H40O9. The van der Waals surface area contributed by atoms with Gasteiger partial charge in [-0.2, -0.15) is 0 Å². The molecule has 0 aliphatic rings. The molecule has 0 unspecified atom stereocenters. The van der Waals surface area contributed by atoms with Crippen LogP contribution in [-0.2, 0) is 14.2 Å². The van der Waals surface area contributed by atoms with Crippen LogP contribution < -0.4 is 28.4 Å². The van der Waals surface area contributed by atoms with Crippen LogP contribution in [0.5, 0.6) is 34.5 Å². The molecule has 0 saturated heterocycles. The van der Waals surface area contributed by atoms with E-state index < -0.39 is 0 Å². The smallest absolute Gasteiger partial charge is 0.122 e. The highest BCUT2D eigenvalue weighted by Gasteiger charge is 1.98. The van der Waals surface area contributed by atoms with E-state index in [0.717, 1.165) is 34.5 Å². The lowest BCUT2D eigenvalue weighted by molar-refractivity contribution is 0.0764. The average molecular weight is 569 g/mol.